The fourth-order valence-electron chi connectivity index (χ4n) is 0.965. The summed E-state index contributed by atoms with van der Waals surface area (Å²) in [5.41, 5.74) is -0.631. The molecule has 0 radical (unpaired) electrons. The van der Waals surface area contributed by atoms with E-state index in [0.717, 1.165) is 13.0 Å². The summed E-state index contributed by atoms with van der Waals surface area (Å²) in [5.74, 6) is -2.40. The lowest BCUT2D eigenvalue weighted by molar-refractivity contribution is 0.101. The molecule has 0 heterocycles. The van der Waals surface area contributed by atoms with Crippen molar-refractivity contribution in [2.45, 2.75) is 6.92 Å². The fraction of sp³-hybridized carbons (Fsp3) is 0.111. The second-order valence-corrected chi connectivity index (χ2v) is 2.48. The molecular formula is C9H5F2NO. The molecule has 1 aromatic carbocycles. The smallest absolute Gasteiger partial charge is 0.161 e. The molecule has 0 fully saturated rings. The Kier molecular flexibility index (Phi) is 2.38. The maximum absolute atomic E-state index is 12.9. The normalized spacial score (nSPS) is 9.38. The molecule has 0 saturated heterocycles. The Bertz CT molecular complexity index is 407. The molecule has 0 N–H and O–H groups in total. The molecule has 0 unspecified atom stereocenters. The van der Waals surface area contributed by atoms with Crippen molar-refractivity contribution in [3.63, 3.8) is 0 Å². The summed E-state index contributed by atoms with van der Waals surface area (Å²) < 4.78 is 25.5. The molecule has 66 valence electrons. The maximum Gasteiger partial charge on any atom is 0.161 e. The Balaban J connectivity index is 3.50. The van der Waals surface area contributed by atoms with Gasteiger partial charge in [0.25, 0.3) is 0 Å². The Morgan fingerprint density at radius 1 is 1.46 bits per heavy atom. The number of benzene rings is 1. The minimum absolute atomic E-state index is 0.222. The quantitative estimate of drug-likeness (QED) is 0.622. The van der Waals surface area contributed by atoms with Gasteiger partial charge in [-0.05, 0) is 13.0 Å². The van der Waals surface area contributed by atoms with Crippen LogP contribution in [0.4, 0.5) is 8.78 Å². The van der Waals surface area contributed by atoms with Gasteiger partial charge in [-0.1, -0.05) is 0 Å². The average molecular weight is 181 g/mol. The zero-order chi connectivity index (χ0) is 10.0. The minimum Gasteiger partial charge on any atom is -0.294 e. The van der Waals surface area contributed by atoms with Crippen LogP contribution in [0.25, 0.3) is 0 Å². The summed E-state index contributed by atoms with van der Waals surface area (Å²) in [4.78, 5) is 10.8. The van der Waals surface area contributed by atoms with Gasteiger partial charge in [-0.3, -0.25) is 4.79 Å². The Morgan fingerprint density at radius 2 is 2.08 bits per heavy atom. The van der Waals surface area contributed by atoms with E-state index in [4.69, 9.17) is 5.26 Å². The predicted molar refractivity (Wildman–Crippen MR) is 41.1 cm³/mol. The van der Waals surface area contributed by atoms with Crippen LogP contribution < -0.4 is 0 Å². The van der Waals surface area contributed by atoms with Gasteiger partial charge in [0.05, 0.1) is 5.56 Å². The fourth-order valence-corrected chi connectivity index (χ4v) is 0.965. The van der Waals surface area contributed by atoms with Gasteiger partial charge in [-0.2, -0.15) is 5.26 Å². The SMILES string of the molecule is CC(=O)c1cc(F)cc(F)c1C#N. The number of rotatable bonds is 1. The average Bonchev–Trinajstić information content (AvgIpc) is 2.02. The van der Waals surface area contributed by atoms with E-state index in [0.29, 0.717) is 6.07 Å². The first-order chi connectivity index (χ1) is 6.06. The number of nitrogens with zero attached hydrogens (tertiary/aromatic N) is 1. The van der Waals surface area contributed by atoms with Crippen LogP contribution >= 0.6 is 0 Å². The Hall–Kier alpha value is -1.76. The van der Waals surface area contributed by atoms with E-state index in [-0.39, 0.29) is 5.56 Å². The summed E-state index contributed by atoms with van der Waals surface area (Å²) in [5, 5.41) is 8.47. The van der Waals surface area contributed by atoms with E-state index in [2.05, 4.69) is 0 Å². The first-order valence-electron chi connectivity index (χ1n) is 3.46. The second kappa shape index (κ2) is 3.31. The zero-order valence-electron chi connectivity index (χ0n) is 6.77. The number of carbonyl (C=O) groups excluding carboxylic acids is 1. The zero-order valence-corrected chi connectivity index (χ0v) is 6.77. The van der Waals surface area contributed by atoms with Crippen molar-refractivity contribution < 1.29 is 13.6 Å². The van der Waals surface area contributed by atoms with Crippen molar-refractivity contribution in [2.24, 2.45) is 0 Å². The maximum atomic E-state index is 12.9. The topological polar surface area (TPSA) is 40.9 Å². The molecule has 0 aliphatic carbocycles. The Labute approximate surface area is 73.4 Å². The summed E-state index contributed by atoms with van der Waals surface area (Å²) >= 11 is 0. The van der Waals surface area contributed by atoms with Gasteiger partial charge in [0.1, 0.15) is 17.7 Å². The van der Waals surface area contributed by atoms with Crippen LogP contribution in [0, 0.1) is 23.0 Å². The summed E-state index contributed by atoms with van der Waals surface area (Å²) in [6, 6.07) is 2.94. The highest BCUT2D eigenvalue weighted by molar-refractivity contribution is 5.96. The van der Waals surface area contributed by atoms with Crippen LogP contribution in [-0.4, -0.2) is 5.78 Å². The molecule has 1 rings (SSSR count). The van der Waals surface area contributed by atoms with E-state index in [9.17, 15) is 13.6 Å². The van der Waals surface area contributed by atoms with Gasteiger partial charge in [-0.25, -0.2) is 8.78 Å². The lowest BCUT2D eigenvalue weighted by Gasteiger charge is -2.00. The van der Waals surface area contributed by atoms with E-state index in [1.165, 1.54) is 6.07 Å². The first-order valence-corrected chi connectivity index (χ1v) is 3.46. The number of ketones is 1. The summed E-state index contributed by atoms with van der Waals surface area (Å²) in [6.07, 6.45) is 0. The molecule has 0 amide bonds. The van der Waals surface area contributed by atoms with Crippen molar-refractivity contribution in [3.05, 3.63) is 34.9 Å². The Morgan fingerprint density at radius 3 is 2.54 bits per heavy atom. The lowest BCUT2D eigenvalue weighted by Crippen LogP contribution is -2.00. The molecule has 0 saturated carbocycles. The molecule has 2 nitrogen and oxygen atoms in total. The molecular weight excluding hydrogens is 176 g/mol. The van der Waals surface area contributed by atoms with E-state index >= 15 is 0 Å². The van der Waals surface area contributed by atoms with Crippen LogP contribution in [0.3, 0.4) is 0 Å². The first kappa shape index (κ1) is 9.33. The molecule has 0 aliphatic rings. The van der Waals surface area contributed by atoms with Crippen molar-refractivity contribution >= 4 is 5.78 Å². The van der Waals surface area contributed by atoms with Crippen molar-refractivity contribution in [1.29, 1.82) is 5.26 Å². The third-order valence-electron chi connectivity index (χ3n) is 1.55. The minimum atomic E-state index is -1.01. The molecule has 1 aromatic rings. The van der Waals surface area contributed by atoms with Crippen LogP contribution in [-0.2, 0) is 0 Å². The van der Waals surface area contributed by atoms with Gasteiger partial charge in [0, 0.05) is 11.6 Å². The number of hydrogen-bond donors (Lipinski definition) is 0. The van der Waals surface area contributed by atoms with Crippen molar-refractivity contribution in [1.82, 2.24) is 0 Å². The van der Waals surface area contributed by atoms with E-state index in [1.54, 1.807) is 0 Å². The van der Waals surface area contributed by atoms with E-state index < -0.39 is 23.0 Å². The van der Waals surface area contributed by atoms with Crippen LogP contribution in [0.5, 0.6) is 0 Å². The summed E-state index contributed by atoms with van der Waals surface area (Å²) in [6.45, 7) is 1.15. The predicted octanol–water partition coefficient (Wildman–Crippen LogP) is 2.04. The van der Waals surface area contributed by atoms with E-state index in [1.807, 2.05) is 0 Å². The van der Waals surface area contributed by atoms with Crippen LogP contribution in [0.2, 0.25) is 0 Å². The highest BCUT2D eigenvalue weighted by Gasteiger charge is 2.13. The highest BCUT2D eigenvalue weighted by Crippen LogP contribution is 2.15. The van der Waals surface area contributed by atoms with Gasteiger partial charge in [-0.15, -0.1) is 0 Å². The highest BCUT2D eigenvalue weighted by atomic mass is 19.1. The number of carbonyl (C=O) groups is 1. The largest absolute Gasteiger partial charge is 0.294 e. The molecule has 13 heavy (non-hydrogen) atoms. The second-order valence-electron chi connectivity index (χ2n) is 2.48. The number of nitriles is 1. The summed E-state index contributed by atoms with van der Waals surface area (Å²) in [7, 11) is 0. The van der Waals surface area contributed by atoms with Crippen molar-refractivity contribution in [2.75, 3.05) is 0 Å². The number of hydrogen-bond acceptors (Lipinski definition) is 2. The van der Waals surface area contributed by atoms with Crippen LogP contribution in [0.1, 0.15) is 22.8 Å². The third-order valence-corrected chi connectivity index (χ3v) is 1.55. The lowest BCUT2D eigenvalue weighted by atomic mass is 10.0. The van der Waals surface area contributed by atoms with Gasteiger partial charge < -0.3 is 0 Å². The number of halogens is 2. The molecule has 0 aliphatic heterocycles. The van der Waals surface area contributed by atoms with Gasteiger partial charge in [0.2, 0.25) is 0 Å². The third kappa shape index (κ3) is 1.70. The van der Waals surface area contributed by atoms with Gasteiger partial charge >= 0.3 is 0 Å². The molecule has 0 bridgehead atoms. The molecule has 4 heteroatoms. The molecule has 0 aromatic heterocycles. The van der Waals surface area contributed by atoms with Crippen molar-refractivity contribution in [3.8, 4) is 6.07 Å². The number of Topliss-reactive ketones (excluding diaryl/α,β-unsaturated/α-hetero) is 1. The monoisotopic (exact) mass is 181 g/mol. The standard InChI is InChI=1S/C9H5F2NO/c1-5(13)7-2-6(10)3-9(11)8(7)4-12/h2-3H,1H3. The van der Waals surface area contributed by atoms with Crippen LogP contribution in [0.15, 0.2) is 12.1 Å². The van der Waals surface area contributed by atoms with Gasteiger partial charge in [0.15, 0.2) is 5.78 Å². The molecule has 0 atom stereocenters. The molecule has 0 spiro atoms.